The lowest BCUT2D eigenvalue weighted by molar-refractivity contribution is 0.238. The summed E-state index contributed by atoms with van der Waals surface area (Å²) in [5.41, 5.74) is 1.15. The van der Waals surface area contributed by atoms with Gasteiger partial charge in [0.2, 0.25) is 0 Å². The maximum absolute atomic E-state index is 12.0. The molecule has 1 heterocycles. The molecular formula is C18H22N2O4. The summed E-state index contributed by atoms with van der Waals surface area (Å²) in [7, 11) is 3.25. The molecule has 24 heavy (non-hydrogen) atoms. The van der Waals surface area contributed by atoms with E-state index in [1.807, 2.05) is 24.3 Å². The number of hydrogen-bond donors (Lipinski definition) is 2. The van der Waals surface area contributed by atoms with E-state index in [0.29, 0.717) is 24.6 Å². The number of nitrogens with one attached hydrogen (secondary N) is 2. The van der Waals surface area contributed by atoms with Crippen molar-refractivity contribution >= 4 is 6.03 Å². The van der Waals surface area contributed by atoms with E-state index in [0.717, 1.165) is 24.2 Å². The Labute approximate surface area is 141 Å². The summed E-state index contributed by atoms with van der Waals surface area (Å²) >= 11 is 0. The number of benzene rings is 1. The maximum Gasteiger partial charge on any atom is 0.315 e. The van der Waals surface area contributed by atoms with Crippen LogP contribution in [0.3, 0.4) is 0 Å². The van der Waals surface area contributed by atoms with Gasteiger partial charge in [0.05, 0.1) is 27.0 Å². The molecule has 3 rings (SSSR count). The van der Waals surface area contributed by atoms with Crippen LogP contribution in [0.4, 0.5) is 4.79 Å². The van der Waals surface area contributed by atoms with Crippen molar-refractivity contribution in [2.45, 2.75) is 24.8 Å². The molecule has 6 nitrogen and oxygen atoms in total. The summed E-state index contributed by atoms with van der Waals surface area (Å²) in [6.45, 7) is 0.967. The Hall–Kier alpha value is -2.63. The topological polar surface area (TPSA) is 72.7 Å². The van der Waals surface area contributed by atoms with Gasteiger partial charge in [-0.3, -0.25) is 0 Å². The molecule has 0 radical (unpaired) electrons. The van der Waals surface area contributed by atoms with E-state index in [2.05, 4.69) is 10.6 Å². The van der Waals surface area contributed by atoms with E-state index < -0.39 is 0 Å². The first-order chi connectivity index (χ1) is 11.7. The molecule has 2 amide bonds. The predicted octanol–water partition coefficient (Wildman–Crippen LogP) is 2.83. The van der Waals surface area contributed by atoms with E-state index in [1.54, 1.807) is 26.5 Å². The second kappa shape index (κ2) is 6.86. The molecule has 0 unspecified atom stereocenters. The number of ether oxygens (including phenoxy) is 2. The third kappa shape index (κ3) is 3.48. The lowest BCUT2D eigenvalue weighted by Gasteiger charge is -2.18. The van der Waals surface area contributed by atoms with Crippen LogP contribution in [-0.4, -0.2) is 26.8 Å². The highest BCUT2D eigenvalue weighted by Crippen LogP contribution is 2.49. The fraction of sp³-hybridized carbons (Fsp3) is 0.389. The van der Waals surface area contributed by atoms with Crippen molar-refractivity contribution < 1.29 is 18.7 Å². The van der Waals surface area contributed by atoms with Gasteiger partial charge in [0.1, 0.15) is 5.76 Å². The third-order valence-corrected chi connectivity index (χ3v) is 4.44. The van der Waals surface area contributed by atoms with Crippen LogP contribution in [-0.2, 0) is 12.0 Å². The van der Waals surface area contributed by atoms with Crippen LogP contribution in [0.1, 0.15) is 24.2 Å². The number of rotatable bonds is 7. The fourth-order valence-corrected chi connectivity index (χ4v) is 2.78. The van der Waals surface area contributed by atoms with Gasteiger partial charge in [0, 0.05) is 12.0 Å². The van der Waals surface area contributed by atoms with Crippen LogP contribution in [0.15, 0.2) is 41.0 Å². The Morgan fingerprint density at radius 1 is 1.17 bits per heavy atom. The lowest BCUT2D eigenvalue weighted by atomic mass is 9.95. The molecule has 6 heteroatoms. The number of carbonyl (C=O) groups excluding carboxylic acids is 1. The van der Waals surface area contributed by atoms with E-state index in [9.17, 15) is 4.79 Å². The molecule has 2 aromatic rings. The van der Waals surface area contributed by atoms with Gasteiger partial charge < -0.3 is 24.5 Å². The highest BCUT2D eigenvalue weighted by Gasteiger charge is 2.44. The summed E-state index contributed by atoms with van der Waals surface area (Å²) in [6.07, 6.45) is 3.67. The Bertz CT molecular complexity index is 693. The van der Waals surface area contributed by atoms with Gasteiger partial charge in [-0.05, 0) is 42.7 Å². The number of amides is 2. The zero-order valence-electron chi connectivity index (χ0n) is 13.9. The van der Waals surface area contributed by atoms with Crippen molar-refractivity contribution in [1.29, 1.82) is 0 Å². The summed E-state index contributed by atoms with van der Waals surface area (Å²) in [4.78, 5) is 12.0. The summed E-state index contributed by atoms with van der Waals surface area (Å²) in [5, 5.41) is 5.74. The molecule has 0 bridgehead atoms. The second-order valence-electron chi connectivity index (χ2n) is 5.97. The van der Waals surface area contributed by atoms with Crippen LogP contribution in [0, 0.1) is 0 Å². The average Bonchev–Trinajstić information content (AvgIpc) is 3.23. The monoisotopic (exact) mass is 330 g/mol. The fourth-order valence-electron chi connectivity index (χ4n) is 2.78. The third-order valence-electron chi connectivity index (χ3n) is 4.44. The Morgan fingerprint density at radius 2 is 1.96 bits per heavy atom. The first-order valence-electron chi connectivity index (χ1n) is 7.93. The van der Waals surface area contributed by atoms with Crippen molar-refractivity contribution in [3.05, 3.63) is 47.9 Å². The molecule has 1 fully saturated rings. The molecule has 0 saturated heterocycles. The highest BCUT2D eigenvalue weighted by atomic mass is 16.5. The van der Waals surface area contributed by atoms with Crippen LogP contribution in [0.5, 0.6) is 11.5 Å². The maximum atomic E-state index is 12.0. The number of methoxy groups -OCH3 is 2. The van der Waals surface area contributed by atoms with E-state index >= 15 is 0 Å². The normalized spacial score (nSPS) is 14.8. The molecule has 0 spiro atoms. The Morgan fingerprint density at radius 3 is 2.58 bits per heavy atom. The molecule has 1 aromatic heterocycles. The zero-order valence-corrected chi connectivity index (χ0v) is 13.9. The van der Waals surface area contributed by atoms with E-state index in [4.69, 9.17) is 13.9 Å². The average molecular weight is 330 g/mol. The molecule has 2 N–H and O–H groups in total. The largest absolute Gasteiger partial charge is 0.493 e. The molecule has 1 saturated carbocycles. The van der Waals surface area contributed by atoms with Gasteiger partial charge in [-0.25, -0.2) is 4.79 Å². The zero-order chi connectivity index (χ0) is 17.0. The van der Waals surface area contributed by atoms with E-state index in [-0.39, 0.29) is 11.4 Å². The molecule has 0 atom stereocenters. The second-order valence-corrected chi connectivity index (χ2v) is 5.97. The van der Waals surface area contributed by atoms with Crippen LogP contribution >= 0.6 is 0 Å². The molecule has 0 aliphatic heterocycles. The molecular weight excluding hydrogens is 308 g/mol. The summed E-state index contributed by atoms with van der Waals surface area (Å²) in [6, 6.07) is 9.37. The Kier molecular flexibility index (Phi) is 4.64. The van der Waals surface area contributed by atoms with Gasteiger partial charge in [-0.1, -0.05) is 6.07 Å². The van der Waals surface area contributed by atoms with Gasteiger partial charge in [-0.15, -0.1) is 0 Å². The van der Waals surface area contributed by atoms with Crippen molar-refractivity contribution in [2.24, 2.45) is 0 Å². The number of furan rings is 1. The van der Waals surface area contributed by atoms with Crippen LogP contribution in [0.2, 0.25) is 0 Å². The van der Waals surface area contributed by atoms with Crippen LogP contribution in [0.25, 0.3) is 0 Å². The number of urea groups is 1. The number of carbonyl (C=O) groups is 1. The Balaban J connectivity index is 1.57. The molecule has 128 valence electrons. The smallest absolute Gasteiger partial charge is 0.315 e. The minimum Gasteiger partial charge on any atom is -0.493 e. The molecule has 1 aliphatic rings. The summed E-state index contributed by atoms with van der Waals surface area (Å²) in [5.74, 6) is 2.15. The standard InChI is InChI=1S/C18H22N2O4/c1-22-15-6-5-13(10-16(15)23-2)18(7-8-18)12-20-17(21)19-11-14-4-3-9-24-14/h3-6,9-10H,7-8,11-12H2,1-2H3,(H2,19,20,21). The quantitative estimate of drug-likeness (QED) is 0.819. The lowest BCUT2D eigenvalue weighted by Crippen LogP contribution is -2.39. The predicted molar refractivity (Wildman–Crippen MR) is 89.4 cm³/mol. The minimum atomic E-state index is -0.196. The first-order valence-corrected chi connectivity index (χ1v) is 7.93. The van der Waals surface area contributed by atoms with E-state index in [1.165, 1.54) is 0 Å². The van der Waals surface area contributed by atoms with Crippen LogP contribution < -0.4 is 20.1 Å². The van der Waals surface area contributed by atoms with Gasteiger partial charge in [0.15, 0.2) is 11.5 Å². The SMILES string of the molecule is COc1ccc(C2(CNC(=O)NCc3ccco3)CC2)cc1OC. The summed E-state index contributed by atoms with van der Waals surface area (Å²) < 4.78 is 15.8. The molecule has 1 aliphatic carbocycles. The highest BCUT2D eigenvalue weighted by molar-refractivity contribution is 5.74. The van der Waals surface area contributed by atoms with Crippen molar-refractivity contribution in [2.75, 3.05) is 20.8 Å². The van der Waals surface area contributed by atoms with Crippen molar-refractivity contribution in [1.82, 2.24) is 10.6 Å². The van der Waals surface area contributed by atoms with Gasteiger partial charge in [-0.2, -0.15) is 0 Å². The minimum absolute atomic E-state index is 0.0123. The van der Waals surface area contributed by atoms with Gasteiger partial charge >= 0.3 is 6.03 Å². The van der Waals surface area contributed by atoms with Crippen molar-refractivity contribution in [3.63, 3.8) is 0 Å². The molecule has 1 aromatic carbocycles. The number of hydrogen-bond acceptors (Lipinski definition) is 4. The first kappa shape index (κ1) is 16.2. The van der Waals surface area contributed by atoms with Gasteiger partial charge in [0.25, 0.3) is 0 Å². The van der Waals surface area contributed by atoms with Crippen molar-refractivity contribution in [3.8, 4) is 11.5 Å².